The van der Waals surface area contributed by atoms with Crippen molar-refractivity contribution in [3.8, 4) is 0 Å². The lowest BCUT2D eigenvalue weighted by atomic mass is 9.96. The van der Waals surface area contributed by atoms with Crippen LogP contribution in [0.4, 0.5) is 9.18 Å². The van der Waals surface area contributed by atoms with Gasteiger partial charge in [0.15, 0.2) is 0 Å². The third-order valence-electron chi connectivity index (χ3n) is 5.36. The summed E-state index contributed by atoms with van der Waals surface area (Å²) in [6.45, 7) is 6.59. The topological polar surface area (TPSA) is 50.2 Å². The Morgan fingerprint density at radius 3 is 2.67 bits per heavy atom. The quantitative estimate of drug-likeness (QED) is 0.813. The smallest absolute Gasteiger partial charge is 0.317 e. The van der Waals surface area contributed by atoms with Gasteiger partial charge in [0.25, 0.3) is 0 Å². The lowest BCUT2D eigenvalue weighted by Crippen LogP contribution is -2.45. The van der Waals surface area contributed by atoms with Gasteiger partial charge in [0.05, 0.1) is 6.04 Å². The van der Waals surface area contributed by atoms with Crippen LogP contribution in [0, 0.1) is 5.82 Å². The third kappa shape index (κ3) is 4.87. The number of nitrogens with zero attached hydrogens (tertiary/aromatic N) is 3. The highest BCUT2D eigenvalue weighted by Crippen LogP contribution is 2.27. The van der Waals surface area contributed by atoms with E-state index in [1.807, 2.05) is 18.0 Å². The molecule has 1 aliphatic heterocycles. The fourth-order valence-corrected chi connectivity index (χ4v) is 3.65. The minimum absolute atomic E-state index is 0.0559. The summed E-state index contributed by atoms with van der Waals surface area (Å²) in [6, 6.07) is 6.06. The van der Waals surface area contributed by atoms with Gasteiger partial charge in [0, 0.05) is 37.9 Å². The number of nitrogens with one attached hydrogen (secondary N) is 1. The Hall–Kier alpha value is -2.37. The van der Waals surface area contributed by atoms with Crippen molar-refractivity contribution in [1.82, 2.24) is 19.8 Å². The van der Waals surface area contributed by atoms with Crippen molar-refractivity contribution >= 4 is 6.03 Å². The maximum absolute atomic E-state index is 13.1. The summed E-state index contributed by atoms with van der Waals surface area (Å²) >= 11 is 0. The Balaban J connectivity index is 1.52. The normalized spacial score (nSPS) is 16.3. The van der Waals surface area contributed by atoms with Crippen LogP contribution in [0.25, 0.3) is 0 Å². The number of piperidine rings is 1. The summed E-state index contributed by atoms with van der Waals surface area (Å²) in [5.74, 6) is 1.30. The minimum atomic E-state index is -0.267. The van der Waals surface area contributed by atoms with Crippen molar-refractivity contribution in [3.63, 3.8) is 0 Å². The van der Waals surface area contributed by atoms with Crippen LogP contribution in [0.15, 0.2) is 36.7 Å². The van der Waals surface area contributed by atoms with Crippen molar-refractivity contribution in [2.45, 2.75) is 58.0 Å². The van der Waals surface area contributed by atoms with Gasteiger partial charge in [-0.15, -0.1) is 0 Å². The standard InChI is InChI=1S/C21H29FN4O/c1-3-4-12-25-15-11-23-20(25)18-9-13-26(14-10-18)21(27)24-16(2)17-5-7-19(22)8-6-17/h5-8,11,15-16,18H,3-4,9-10,12-14H2,1-2H3,(H,24,27)/t16-/m1/s1. The number of hydrogen-bond acceptors (Lipinski definition) is 2. The second-order valence-corrected chi connectivity index (χ2v) is 7.32. The van der Waals surface area contributed by atoms with E-state index >= 15 is 0 Å². The van der Waals surface area contributed by atoms with Gasteiger partial charge in [-0.25, -0.2) is 14.2 Å². The third-order valence-corrected chi connectivity index (χ3v) is 5.36. The van der Waals surface area contributed by atoms with Gasteiger partial charge in [0.1, 0.15) is 11.6 Å². The fourth-order valence-electron chi connectivity index (χ4n) is 3.65. The van der Waals surface area contributed by atoms with Crippen LogP contribution in [0.2, 0.25) is 0 Å². The van der Waals surface area contributed by atoms with Gasteiger partial charge >= 0.3 is 6.03 Å². The second-order valence-electron chi connectivity index (χ2n) is 7.32. The van der Waals surface area contributed by atoms with Crippen molar-refractivity contribution in [2.24, 2.45) is 0 Å². The molecule has 2 heterocycles. The highest BCUT2D eigenvalue weighted by Gasteiger charge is 2.27. The molecule has 146 valence electrons. The number of carbonyl (C=O) groups excluding carboxylic acids is 1. The Morgan fingerprint density at radius 1 is 1.30 bits per heavy atom. The molecule has 6 heteroatoms. The van der Waals surface area contributed by atoms with E-state index in [1.54, 1.807) is 12.1 Å². The summed E-state index contributed by atoms with van der Waals surface area (Å²) in [5.41, 5.74) is 0.901. The minimum Gasteiger partial charge on any atom is -0.335 e. The highest BCUT2D eigenvalue weighted by molar-refractivity contribution is 5.74. The number of urea groups is 1. The molecule has 2 aromatic rings. The molecule has 1 fully saturated rings. The fraction of sp³-hybridized carbons (Fsp3) is 0.524. The first-order valence-corrected chi connectivity index (χ1v) is 9.90. The van der Waals surface area contributed by atoms with Gasteiger partial charge in [-0.05, 0) is 43.9 Å². The maximum Gasteiger partial charge on any atom is 0.317 e. The van der Waals surface area contributed by atoms with Gasteiger partial charge in [0.2, 0.25) is 0 Å². The Labute approximate surface area is 160 Å². The average Bonchev–Trinajstić information content (AvgIpc) is 3.15. The zero-order valence-electron chi connectivity index (χ0n) is 16.2. The number of carbonyl (C=O) groups is 1. The van der Waals surface area contributed by atoms with E-state index in [-0.39, 0.29) is 17.9 Å². The molecular formula is C21H29FN4O. The number of halogens is 1. The van der Waals surface area contributed by atoms with Crippen molar-refractivity contribution in [1.29, 1.82) is 0 Å². The molecule has 3 rings (SSSR count). The lowest BCUT2D eigenvalue weighted by molar-refractivity contribution is 0.177. The van der Waals surface area contributed by atoms with E-state index in [0.717, 1.165) is 50.3 Å². The first-order valence-electron chi connectivity index (χ1n) is 9.90. The molecule has 1 aromatic heterocycles. The monoisotopic (exact) mass is 372 g/mol. The summed E-state index contributed by atoms with van der Waals surface area (Å²) in [5, 5.41) is 3.02. The molecule has 1 atom stereocenters. The van der Waals surface area contributed by atoms with E-state index in [9.17, 15) is 9.18 Å². The van der Waals surface area contributed by atoms with Gasteiger partial charge < -0.3 is 14.8 Å². The number of likely N-dealkylation sites (tertiary alicyclic amines) is 1. The van der Waals surface area contributed by atoms with E-state index in [0.29, 0.717) is 5.92 Å². The Kier molecular flexibility index (Phi) is 6.48. The second kappa shape index (κ2) is 9.02. The zero-order valence-corrected chi connectivity index (χ0v) is 16.2. The number of unbranched alkanes of at least 4 members (excludes halogenated alkanes) is 1. The number of aryl methyl sites for hydroxylation is 1. The van der Waals surface area contributed by atoms with E-state index in [2.05, 4.69) is 28.0 Å². The number of imidazole rings is 1. The Morgan fingerprint density at radius 2 is 2.00 bits per heavy atom. The molecule has 1 N–H and O–H groups in total. The molecule has 2 amide bonds. The molecule has 0 radical (unpaired) electrons. The molecule has 0 spiro atoms. The lowest BCUT2D eigenvalue weighted by Gasteiger charge is -2.33. The van der Waals surface area contributed by atoms with Crippen molar-refractivity contribution in [2.75, 3.05) is 13.1 Å². The molecule has 0 aliphatic carbocycles. The van der Waals surface area contributed by atoms with Crippen LogP contribution in [0.1, 0.15) is 62.9 Å². The summed E-state index contributed by atoms with van der Waals surface area (Å²) in [7, 11) is 0. The van der Waals surface area contributed by atoms with Gasteiger partial charge in [-0.1, -0.05) is 25.5 Å². The molecule has 0 saturated carbocycles. The van der Waals surface area contributed by atoms with Crippen LogP contribution < -0.4 is 5.32 Å². The summed E-state index contributed by atoms with van der Waals surface area (Å²) in [4.78, 5) is 19.0. The molecule has 0 bridgehead atoms. The number of amides is 2. The average molecular weight is 372 g/mol. The molecular weight excluding hydrogens is 343 g/mol. The first-order chi connectivity index (χ1) is 13.1. The molecule has 0 unspecified atom stereocenters. The number of hydrogen-bond donors (Lipinski definition) is 1. The van der Waals surface area contributed by atoms with Gasteiger partial charge in [-0.2, -0.15) is 0 Å². The van der Waals surface area contributed by atoms with Crippen LogP contribution in [-0.2, 0) is 6.54 Å². The number of aromatic nitrogens is 2. The SMILES string of the molecule is CCCCn1ccnc1C1CCN(C(=O)N[C@H](C)c2ccc(F)cc2)CC1. The number of benzene rings is 1. The largest absolute Gasteiger partial charge is 0.335 e. The van der Waals surface area contributed by atoms with Gasteiger partial charge in [-0.3, -0.25) is 0 Å². The van der Waals surface area contributed by atoms with E-state index in [4.69, 9.17) is 0 Å². The summed E-state index contributed by atoms with van der Waals surface area (Å²) in [6.07, 6.45) is 8.14. The number of rotatable bonds is 6. The zero-order chi connectivity index (χ0) is 19.2. The van der Waals surface area contributed by atoms with E-state index in [1.165, 1.54) is 18.6 Å². The Bertz CT molecular complexity index is 735. The summed E-state index contributed by atoms with van der Waals surface area (Å²) < 4.78 is 15.3. The predicted octanol–water partition coefficient (Wildman–Crippen LogP) is 4.47. The first kappa shape index (κ1) is 19.4. The van der Waals surface area contributed by atoms with Crippen LogP contribution in [0.5, 0.6) is 0 Å². The maximum atomic E-state index is 13.1. The molecule has 27 heavy (non-hydrogen) atoms. The van der Waals surface area contributed by atoms with Crippen LogP contribution in [-0.4, -0.2) is 33.6 Å². The molecule has 1 aliphatic rings. The molecule has 1 saturated heterocycles. The predicted molar refractivity (Wildman–Crippen MR) is 104 cm³/mol. The molecule has 5 nitrogen and oxygen atoms in total. The van der Waals surface area contributed by atoms with Crippen LogP contribution >= 0.6 is 0 Å². The molecule has 1 aromatic carbocycles. The van der Waals surface area contributed by atoms with Crippen molar-refractivity contribution < 1.29 is 9.18 Å². The highest BCUT2D eigenvalue weighted by atomic mass is 19.1. The van der Waals surface area contributed by atoms with Crippen molar-refractivity contribution in [3.05, 3.63) is 53.9 Å². The van der Waals surface area contributed by atoms with E-state index < -0.39 is 0 Å². The van der Waals surface area contributed by atoms with Crippen LogP contribution in [0.3, 0.4) is 0 Å².